The summed E-state index contributed by atoms with van der Waals surface area (Å²) in [6, 6.07) is 5.57. The van der Waals surface area contributed by atoms with Crippen molar-refractivity contribution in [3.8, 4) is 0 Å². The highest BCUT2D eigenvalue weighted by molar-refractivity contribution is 5.97. The Morgan fingerprint density at radius 1 is 1.55 bits per heavy atom. The van der Waals surface area contributed by atoms with Gasteiger partial charge in [-0.25, -0.2) is 0 Å². The number of carbonyl (C=O) groups excluding carboxylic acids is 1. The standard InChI is InChI=1S/C15H19N3O2/c1-2-14-12(5-6-20-14)8-16-15(19)10-3-4-11-9-17-18-13(11)7-10/h3-4,7,9,12,14H,2,5-6,8H2,1H3,(H,16,19)(H,17,18). The van der Waals surface area contributed by atoms with Crippen LogP contribution in [0.25, 0.3) is 10.9 Å². The van der Waals surface area contributed by atoms with Crippen molar-refractivity contribution in [3.05, 3.63) is 30.0 Å². The van der Waals surface area contributed by atoms with E-state index in [1.54, 1.807) is 6.20 Å². The van der Waals surface area contributed by atoms with Gasteiger partial charge in [-0.3, -0.25) is 9.89 Å². The van der Waals surface area contributed by atoms with E-state index in [1.807, 2.05) is 18.2 Å². The summed E-state index contributed by atoms with van der Waals surface area (Å²) < 4.78 is 5.64. The second-order valence-electron chi connectivity index (χ2n) is 5.25. The van der Waals surface area contributed by atoms with Crippen LogP contribution in [0, 0.1) is 5.92 Å². The van der Waals surface area contributed by atoms with Crippen LogP contribution in [0.15, 0.2) is 24.4 Å². The Bertz CT molecular complexity index is 608. The fourth-order valence-electron chi connectivity index (χ4n) is 2.78. The van der Waals surface area contributed by atoms with Gasteiger partial charge in [-0.2, -0.15) is 5.10 Å². The number of amides is 1. The van der Waals surface area contributed by atoms with E-state index in [2.05, 4.69) is 22.4 Å². The van der Waals surface area contributed by atoms with Gasteiger partial charge in [-0.1, -0.05) is 13.0 Å². The van der Waals surface area contributed by atoms with Crippen molar-refractivity contribution in [2.24, 2.45) is 5.92 Å². The highest BCUT2D eigenvalue weighted by Gasteiger charge is 2.26. The van der Waals surface area contributed by atoms with Crippen LogP contribution in [0.1, 0.15) is 30.1 Å². The van der Waals surface area contributed by atoms with Gasteiger partial charge in [0.15, 0.2) is 0 Å². The van der Waals surface area contributed by atoms with Gasteiger partial charge in [0, 0.05) is 30.0 Å². The fourth-order valence-corrected chi connectivity index (χ4v) is 2.78. The molecule has 1 aromatic heterocycles. The third kappa shape index (κ3) is 2.54. The van der Waals surface area contributed by atoms with E-state index in [4.69, 9.17) is 4.74 Å². The van der Waals surface area contributed by atoms with Gasteiger partial charge in [-0.05, 0) is 25.0 Å². The maximum Gasteiger partial charge on any atom is 0.251 e. The van der Waals surface area contributed by atoms with Crippen LogP contribution in [0.3, 0.4) is 0 Å². The van der Waals surface area contributed by atoms with E-state index in [0.717, 1.165) is 30.4 Å². The lowest BCUT2D eigenvalue weighted by atomic mass is 9.99. The van der Waals surface area contributed by atoms with Crippen LogP contribution in [-0.2, 0) is 4.74 Å². The molecule has 0 aliphatic carbocycles. The van der Waals surface area contributed by atoms with Gasteiger partial charge in [-0.15, -0.1) is 0 Å². The number of rotatable bonds is 4. The molecule has 5 heteroatoms. The third-order valence-corrected chi connectivity index (χ3v) is 3.98. The molecule has 0 spiro atoms. The molecular weight excluding hydrogens is 254 g/mol. The zero-order valence-electron chi connectivity index (χ0n) is 11.6. The summed E-state index contributed by atoms with van der Waals surface area (Å²) in [5, 5.41) is 10.9. The average molecular weight is 273 g/mol. The molecule has 2 N–H and O–H groups in total. The summed E-state index contributed by atoms with van der Waals surface area (Å²) in [7, 11) is 0. The molecule has 2 atom stereocenters. The third-order valence-electron chi connectivity index (χ3n) is 3.98. The van der Waals surface area contributed by atoms with Crippen LogP contribution >= 0.6 is 0 Å². The Morgan fingerprint density at radius 3 is 3.30 bits per heavy atom. The minimum absolute atomic E-state index is 0.0387. The summed E-state index contributed by atoms with van der Waals surface area (Å²) in [6.45, 7) is 3.61. The number of carbonyl (C=O) groups is 1. The molecule has 1 fully saturated rings. The number of hydrogen-bond donors (Lipinski definition) is 2. The summed E-state index contributed by atoms with van der Waals surface area (Å²) in [4.78, 5) is 12.2. The molecule has 2 heterocycles. The predicted molar refractivity (Wildman–Crippen MR) is 76.6 cm³/mol. The number of nitrogens with zero attached hydrogens (tertiary/aromatic N) is 1. The van der Waals surface area contributed by atoms with Gasteiger partial charge >= 0.3 is 0 Å². The maximum absolute atomic E-state index is 12.2. The smallest absolute Gasteiger partial charge is 0.251 e. The zero-order chi connectivity index (χ0) is 13.9. The van der Waals surface area contributed by atoms with Gasteiger partial charge in [0.2, 0.25) is 0 Å². The van der Waals surface area contributed by atoms with Gasteiger partial charge < -0.3 is 10.1 Å². The summed E-state index contributed by atoms with van der Waals surface area (Å²) >= 11 is 0. The van der Waals surface area contributed by atoms with E-state index in [0.29, 0.717) is 18.0 Å². The monoisotopic (exact) mass is 273 g/mol. The molecule has 1 saturated heterocycles. The van der Waals surface area contributed by atoms with E-state index < -0.39 is 0 Å². The SMILES string of the molecule is CCC1OCCC1CNC(=O)c1ccc2cn[nH]c2c1. The summed E-state index contributed by atoms with van der Waals surface area (Å²) in [5.41, 5.74) is 1.54. The number of H-pyrrole nitrogens is 1. The number of benzene rings is 1. The molecule has 0 bridgehead atoms. The molecule has 1 aromatic carbocycles. The number of fused-ring (bicyclic) bond motifs is 1. The Kier molecular flexibility index (Phi) is 3.69. The fraction of sp³-hybridized carbons (Fsp3) is 0.467. The minimum atomic E-state index is -0.0387. The van der Waals surface area contributed by atoms with Crippen molar-refractivity contribution in [2.45, 2.75) is 25.9 Å². The predicted octanol–water partition coefficient (Wildman–Crippen LogP) is 2.11. The quantitative estimate of drug-likeness (QED) is 0.896. The first-order valence-corrected chi connectivity index (χ1v) is 7.11. The number of ether oxygens (including phenoxy) is 1. The number of aromatic nitrogens is 2. The molecule has 106 valence electrons. The van der Waals surface area contributed by atoms with E-state index >= 15 is 0 Å². The van der Waals surface area contributed by atoms with Crippen molar-refractivity contribution in [1.82, 2.24) is 15.5 Å². The molecule has 2 unspecified atom stereocenters. The van der Waals surface area contributed by atoms with Gasteiger partial charge in [0.1, 0.15) is 0 Å². The molecule has 1 amide bonds. The summed E-state index contributed by atoms with van der Waals surface area (Å²) in [5.74, 6) is 0.392. The van der Waals surface area contributed by atoms with Crippen LogP contribution in [0.2, 0.25) is 0 Å². The van der Waals surface area contributed by atoms with E-state index in [1.165, 1.54) is 0 Å². The second kappa shape index (κ2) is 5.63. The van der Waals surface area contributed by atoms with Crippen molar-refractivity contribution < 1.29 is 9.53 Å². The van der Waals surface area contributed by atoms with Crippen molar-refractivity contribution in [2.75, 3.05) is 13.2 Å². The van der Waals surface area contributed by atoms with E-state index in [9.17, 15) is 4.79 Å². The highest BCUT2D eigenvalue weighted by Crippen LogP contribution is 2.22. The molecule has 20 heavy (non-hydrogen) atoms. The normalized spacial score (nSPS) is 22.2. The van der Waals surface area contributed by atoms with Crippen molar-refractivity contribution in [1.29, 1.82) is 0 Å². The maximum atomic E-state index is 12.2. The first kappa shape index (κ1) is 13.1. The molecular formula is C15H19N3O2. The second-order valence-corrected chi connectivity index (χ2v) is 5.25. The number of aromatic amines is 1. The Morgan fingerprint density at radius 2 is 2.45 bits per heavy atom. The Labute approximate surface area is 117 Å². The van der Waals surface area contributed by atoms with Crippen LogP contribution in [0.4, 0.5) is 0 Å². The topological polar surface area (TPSA) is 67.0 Å². The minimum Gasteiger partial charge on any atom is -0.378 e. The molecule has 5 nitrogen and oxygen atoms in total. The van der Waals surface area contributed by atoms with Crippen molar-refractivity contribution >= 4 is 16.8 Å². The average Bonchev–Trinajstić information content (AvgIpc) is 3.12. The van der Waals surface area contributed by atoms with Crippen LogP contribution < -0.4 is 5.32 Å². The van der Waals surface area contributed by atoms with Gasteiger partial charge in [0.25, 0.3) is 5.91 Å². The van der Waals surface area contributed by atoms with Crippen LogP contribution in [0.5, 0.6) is 0 Å². The molecule has 0 saturated carbocycles. The van der Waals surface area contributed by atoms with Crippen molar-refractivity contribution in [3.63, 3.8) is 0 Å². The largest absolute Gasteiger partial charge is 0.378 e. The lowest BCUT2D eigenvalue weighted by Gasteiger charge is -2.17. The molecule has 3 rings (SSSR count). The lowest BCUT2D eigenvalue weighted by molar-refractivity contribution is 0.0827. The molecule has 0 radical (unpaired) electrons. The first-order valence-electron chi connectivity index (χ1n) is 7.11. The lowest BCUT2D eigenvalue weighted by Crippen LogP contribution is -2.32. The van der Waals surface area contributed by atoms with Crippen LogP contribution in [-0.4, -0.2) is 35.4 Å². The Hall–Kier alpha value is -1.88. The molecule has 1 aliphatic heterocycles. The molecule has 2 aromatic rings. The highest BCUT2D eigenvalue weighted by atomic mass is 16.5. The Balaban J connectivity index is 1.63. The number of nitrogens with one attached hydrogen (secondary N) is 2. The molecule has 1 aliphatic rings. The first-order chi connectivity index (χ1) is 9.78. The van der Waals surface area contributed by atoms with E-state index in [-0.39, 0.29) is 12.0 Å². The summed E-state index contributed by atoms with van der Waals surface area (Å²) in [6.07, 6.45) is 4.06. The van der Waals surface area contributed by atoms with Gasteiger partial charge in [0.05, 0.1) is 17.8 Å². The zero-order valence-corrected chi connectivity index (χ0v) is 11.6. The number of hydrogen-bond acceptors (Lipinski definition) is 3.